The summed E-state index contributed by atoms with van der Waals surface area (Å²) in [5.74, 6) is 0. The molecule has 0 saturated heterocycles. The Balaban J connectivity index is 3.54. The van der Waals surface area contributed by atoms with Crippen LogP contribution in [0.2, 0.25) is 0 Å². The number of aliphatic hydroxyl groups is 1. The zero-order valence-corrected chi connectivity index (χ0v) is 4.79. The van der Waals surface area contributed by atoms with Crippen molar-refractivity contribution in [2.24, 2.45) is 5.18 Å². The number of hydrogen-bond acceptors (Lipinski definition) is 3. The van der Waals surface area contributed by atoms with Crippen LogP contribution in [0.15, 0.2) is 17.1 Å². The molecule has 3 nitrogen and oxygen atoms in total. The molecule has 0 amide bonds. The average Bonchev–Trinajstić information content (AvgIpc) is 1.83. The Morgan fingerprint density at radius 2 is 2.50 bits per heavy atom. The Bertz CT molecular complexity index is 98.6. The molecule has 0 heterocycles. The first-order valence-electron chi connectivity index (χ1n) is 2.51. The minimum atomic E-state index is 0.215. The molecule has 3 heteroatoms. The van der Waals surface area contributed by atoms with E-state index in [1.165, 1.54) is 0 Å². The highest BCUT2D eigenvalue weighted by atomic mass is 16.3. The van der Waals surface area contributed by atoms with E-state index >= 15 is 0 Å². The minimum absolute atomic E-state index is 0.215. The molecular weight excluding hydrogens is 106 g/mol. The first kappa shape index (κ1) is 7.14. The molecular formula is C5H9NO2. The maximum atomic E-state index is 9.65. The molecule has 0 unspecified atom stereocenters. The predicted molar refractivity (Wildman–Crippen MR) is 31.4 cm³/mol. The molecule has 0 fully saturated rings. The average molecular weight is 115 g/mol. The maximum Gasteiger partial charge on any atom is 0.119 e. The fourth-order valence-electron chi connectivity index (χ4n) is 0.390. The van der Waals surface area contributed by atoms with Crippen LogP contribution in [0.25, 0.3) is 0 Å². The number of allylic oxidation sites excluding steroid dienone is 1. The lowest BCUT2D eigenvalue weighted by molar-refractivity contribution is 0.463. The van der Waals surface area contributed by atoms with Crippen molar-refractivity contribution in [1.29, 1.82) is 0 Å². The molecule has 0 aliphatic carbocycles. The first-order chi connectivity index (χ1) is 3.85. The smallest absolute Gasteiger partial charge is 0.119 e. The van der Waals surface area contributed by atoms with Gasteiger partial charge < -0.3 is 5.11 Å². The van der Waals surface area contributed by atoms with Crippen LogP contribution in [0.4, 0.5) is 0 Å². The van der Waals surface area contributed by atoms with Crippen LogP contribution in [0.3, 0.4) is 0 Å². The van der Waals surface area contributed by atoms with Crippen molar-refractivity contribution in [1.82, 2.24) is 0 Å². The molecule has 0 spiro atoms. The van der Waals surface area contributed by atoms with E-state index in [0.29, 0.717) is 6.42 Å². The molecule has 0 radical (unpaired) electrons. The van der Waals surface area contributed by atoms with Gasteiger partial charge in [0.1, 0.15) is 12.0 Å². The highest BCUT2D eigenvalue weighted by Gasteiger charge is 1.90. The second-order valence-corrected chi connectivity index (χ2v) is 1.46. The quantitative estimate of drug-likeness (QED) is 0.451. The third-order valence-electron chi connectivity index (χ3n) is 0.772. The van der Waals surface area contributed by atoms with Gasteiger partial charge in [0.05, 0.1) is 0 Å². The van der Waals surface area contributed by atoms with Gasteiger partial charge in [0, 0.05) is 0 Å². The van der Waals surface area contributed by atoms with Gasteiger partial charge in [-0.2, -0.15) is 0 Å². The van der Waals surface area contributed by atoms with Crippen LogP contribution in [0.5, 0.6) is 0 Å². The molecule has 0 atom stereocenters. The summed E-state index contributed by atoms with van der Waals surface area (Å²) in [6.45, 7) is 1.91. The maximum absolute atomic E-state index is 9.65. The fourth-order valence-corrected chi connectivity index (χ4v) is 0.390. The van der Waals surface area contributed by atoms with Crippen molar-refractivity contribution in [3.8, 4) is 0 Å². The predicted octanol–water partition coefficient (Wildman–Crippen LogP) is 1.95. The van der Waals surface area contributed by atoms with Crippen LogP contribution < -0.4 is 0 Å². The van der Waals surface area contributed by atoms with Gasteiger partial charge >= 0.3 is 0 Å². The molecule has 46 valence electrons. The van der Waals surface area contributed by atoms with E-state index in [1.54, 1.807) is 0 Å². The van der Waals surface area contributed by atoms with E-state index in [2.05, 4.69) is 5.18 Å². The lowest BCUT2D eigenvalue weighted by Crippen LogP contribution is -1.74. The normalized spacial score (nSPS) is 11.4. The summed E-state index contributed by atoms with van der Waals surface area (Å²) in [4.78, 5) is 9.65. The molecule has 8 heavy (non-hydrogen) atoms. The molecule has 0 saturated carbocycles. The van der Waals surface area contributed by atoms with Gasteiger partial charge in [-0.05, 0) is 11.6 Å². The topological polar surface area (TPSA) is 49.7 Å². The molecule has 0 aromatic rings. The summed E-state index contributed by atoms with van der Waals surface area (Å²) in [6, 6.07) is 0. The van der Waals surface area contributed by atoms with Crippen molar-refractivity contribution in [2.75, 3.05) is 0 Å². The van der Waals surface area contributed by atoms with Crippen molar-refractivity contribution < 1.29 is 5.11 Å². The van der Waals surface area contributed by atoms with Crippen LogP contribution in [0.1, 0.15) is 19.8 Å². The van der Waals surface area contributed by atoms with Crippen molar-refractivity contribution >= 4 is 0 Å². The first-order valence-corrected chi connectivity index (χ1v) is 2.51. The molecule has 1 N–H and O–H groups in total. The third-order valence-corrected chi connectivity index (χ3v) is 0.772. The van der Waals surface area contributed by atoms with Gasteiger partial charge in [-0.15, -0.1) is 4.91 Å². The van der Waals surface area contributed by atoms with Crippen LogP contribution in [-0.2, 0) is 0 Å². The monoisotopic (exact) mass is 115 g/mol. The Hall–Kier alpha value is -0.860. The number of rotatable bonds is 3. The summed E-state index contributed by atoms with van der Waals surface area (Å²) < 4.78 is 0. The molecule has 0 aromatic heterocycles. The summed E-state index contributed by atoms with van der Waals surface area (Å²) in [5.41, 5.74) is 0.215. The summed E-state index contributed by atoms with van der Waals surface area (Å²) in [7, 11) is 0. The fraction of sp³-hybridized carbons (Fsp3) is 0.600. The molecule has 0 aromatic carbocycles. The van der Waals surface area contributed by atoms with E-state index in [4.69, 9.17) is 5.11 Å². The van der Waals surface area contributed by atoms with Gasteiger partial charge in [0.25, 0.3) is 0 Å². The van der Waals surface area contributed by atoms with Crippen molar-refractivity contribution in [3.05, 3.63) is 16.9 Å². The lowest BCUT2D eigenvalue weighted by Gasteiger charge is -1.87. The van der Waals surface area contributed by atoms with E-state index in [1.807, 2.05) is 6.92 Å². The van der Waals surface area contributed by atoms with Crippen LogP contribution in [-0.4, -0.2) is 5.11 Å². The Labute approximate surface area is 48.0 Å². The van der Waals surface area contributed by atoms with Gasteiger partial charge in [-0.3, -0.25) is 0 Å². The minimum Gasteiger partial charge on any atom is -0.514 e. The zero-order valence-electron chi connectivity index (χ0n) is 4.79. The summed E-state index contributed by atoms with van der Waals surface area (Å²) in [6.07, 6.45) is 2.13. The van der Waals surface area contributed by atoms with Gasteiger partial charge in [0.2, 0.25) is 0 Å². The van der Waals surface area contributed by atoms with E-state index < -0.39 is 0 Å². The van der Waals surface area contributed by atoms with Crippen molar-refractivity contribution in [2.45, 2.75) is 19.8 Å². The molecule has 0 aliphatic rings. The van der Waals surface area contributed by atoms with E-state index in [-0.39, 0.29) is 5.70 Å². The molecule has 0 aliphatic heterocycles. The second-order valence-electron chi connectivity index (χ2n) is 1.46. The highest BCUT2D eigenvalue weighted by Crippen LogP contribution is 2.02. The van der Waals surface area contributed by atoms with Gasteiger partial charge in [-0.1, -0.05) is 13.3 Å². The SMILES string of the molecule is CCC/C(=C\O)N=O. The molecule has 0 bridgehead atoms. The molecule has 0 rings (SSSR count). The van der Waals surface area contributed by atoms with Gasteiger partial charge in [0.15, 0.2) is 0 Å². The number of nitroso groups, excluding NO2 is 1. The third kappa shape index (κ3) is 2.34. The Morgan fingerprint density at radius 3 is 2.62 bits per heavy atom. The van der Waals surface area contributed by atoms with E-state index in [0.717, 1.165) is 12.7 Å². The number of hydrogen-bond donors (Lipinski definition) is 1. The summed E-state index contributed by atoms with van der Waals surface area (Å²) in [5, 5.41) is 10.8. The van der Waals surface area contributed by atoms with Crippen LogP contribution in [0, 0.1) is 4.91 Å². The number of aliphatic hydroxyl groups excluding tert-OH is 1. The Kier molecular flexibility index (Phi) is 3.84. The zero-order chi connectivity index (χ0) is 6.41. The van der Waals surface area contributed by atoms with Crippen molar-refractivity contribution in [3.63, 3.8) is 0 Å². The van der Waals surface area contributed by atoms with E-state index in [9.17, 15) is 4.91 Å². The second kappa shape index (κ2) is 4.30. The number of nitrogens with zero attached hydrogens (tertiary/aromatic N) is 1. The van der Waals surface area contributed by atoms with Gasteiger partial charge in [-0.25, -0.2) is 0 Å². The largest absolute Gasteiger partial charge is 0.514 e. The Morgan fingerprint density at radius 1 is 1.88 bits per heavy atom. The highest BCUT2D eigenvalue weighted by molar-refractivity contribution is 4.93. The van der Waals surface area contributed by atoms with Crippen LogP contribution >= 0.6 is 0 Å². The standard InChI is InChI=1S/C5H9NO2/c1-2-3-5(4-7)6-8/h4,7H,2-3H2,1H3/b5-4+. The lowest BCUT2D eigenvalue weighted by atomic mass is 10.3. The summed E-state index contributed by atoms with van der Waals surface area (Å²) >= 11 is 0.